The van der Waals surface area contributed by atoms with Gasteiger partial charge in [-0.15, -0.1) is 0 Å². The van der Waals surface area contributed by atoms with Crippen molar-refractivity contribution < 1.29 is 28.6 Å². The van der Waals surface area contributed by atoms with E-state index in [1.165, 1.54) is 238 Å². The molecule has 0 N–H and O–H groups in total. The van der Waals surface area contributed by atoms with Gasteiger partial charge in [-0.2, -0.15) is 0 Å². The van der Waals surface area contributed by atoms with Crippen molar-refractivity contribution in [1.82, 2.24) is 0 Å². The van der Waals surface area contributed by atoms with E-state index in [1.54, 1.807) is 0 Å². The summed E-state index contributed by atoms with van der Waals surface area (Å²) >= 11 is 0. The third-order valence-electron chi connectivity index (χ3n) is 14.8. The van der Waals surface area contributed by atoms with Crippen molar-refractivity contribution in [2.24, 2.45) is 0 Å². The second kappa shape index (κ2) is 63.9. The molecule has 75 heavy (non-hydrogen) atoms. The summed E-state index contributed by atoms with van der Waals surface area (Å²) in [6.07, 6.45) is 79.7. The molecule has 1 atom stereocenters. The Morgan fingerprint density at radius 1 is 0.267 bits per heavy atom. The fourth-order valence-corrected chi connectivity index (χ4v) is 9.80. The molecule has 0 aromatic heterocycles. The van der Waals surface area contributed by atoms with Gasteiger partial charge in [0.15, 0.2) is 6.10 Å². The van der Waals surface area contributed by atoms with Gasteiger partial charge in [0.25, 0.3) is 0 Å². The first-order valence-corrected chi connectivity index (χ1v) is 33.1. The smallest absolute Gasteiger partial charge is 0.306 e. The zero-order chi connectivity index (χ0) is 54.3. The van der Waals surface area contributed by atoms with Crippen molar-refractivity contribution >= 4 is 17.9 Å². The SMILES string of the molecule is CCCCC/C=C\C/C=C\CCCCCCCCCC(=O)OC(COC(=O)CCCCCCCCCCCCCCC/C=C\C/C=C\CCCCCCC)COC(=O)CCCCCCCCCCCCCCCCC. The Labute approximate surface area is 467 Å². The average Bonchev–Trinajstić information content (AvgIpc) is 3.41. The van der Waals surface area contributed by atoms with Gasteiger partial charge in [0.05, 0.1) is 0 Å². The van der Waals surface area contributed by atoms with Crippen LogP contribution in [0.25, 0.3) is 0 Å². The van der Waals surface area contributed by atoms with Crippen molar-refractivity contribution in [2.75, 3.05) is 13.2 Å². The summed E-state index contributed by atoms with van der Waals surface area (Å²) in [5.74, 6) is -0.858. The van der Waals surface area contributed by atoms with Crippen LogP contribution < -0.4 is 0 Å². The minimum absolute atomic E-state index is 0.0723. The molecule has 0 aromatic rings. The lowest BCUT2D eigenvalue weighted by atomic mass is 10.0. The van der Waals surface area contributed by atoms with Crippen molar-refractivity contribution in [2.45, 2.75) is 361 Å². The molecular weight excluding hydrogens is 925 g/mol. The molecule has 0 heterocycles. The maximum Gasteiger partial charge on any atom is 0.306 e. The Bertz CT molecular complexity index is 1300. The molecule has 0 aliphatic heterocycles. The van der Waals surface area contributed by atoms with Gasteiger partial charge in [-0.1, -0.05) is 301 Å². The van der Waals surface area contributed by atoms with Gasteiger partial charge >= 0.3 is 17.9 Å². The lowest BCUT2D eigenvalue weighted by Gasteiger charge is -2.18. The normalized spacial score (nSPS) is 12.3. The molecule has 0 radical (unpaired) electrons. The summed E-state index contributed by atoms with van der Waals surface area (Å²) in [4.78, 5) is 38.3. The molecule has 0 aromatic carbocycles. The van der Waals surface area contributed by atoms with Gasteiger partial charge in [-0.05, 0) is 83.5 Å². The first-order chi connectivity index (χ1) is 37.0. The van der Waals surface area contributed by atoms with E-state index in [2.05, 4.69) is 69.4 Å². The van der Waals surface area contributed by atoms with Crippen LogP contribution in [0, 0.1) is 0 Å². The topological polar surface area (TPSA) is 78.9 Å². The van der Waals surface area contributed by atoms with Crippen LogP contribution >= 0.6 is 0 Å². The third kappa shape index (κ3) is 62.1. The molecular formula is C69H126O6. The molecule has 0 bridgehead atoms. The maximum absolute atomic E-state index is 12.9. The number of hydrogen-bond acceptors (Lipinski definition) is 6. The highest BCUT2D eigenvalue weighted by molar-refractivity contribution is 5.71. The van der Waals surface area contributed by atoms with E-state index >= 15 is 0 Å². The third-order valence-corrected chi connectivity index (χ3v) is 14.8. The van der Waals surface area contributed by atoms with Crippen LogP contribution in [0.5, 0.6) is 0 Å². The van der Waals surface area contributed by atoms with Crippen molar-refractivity contribution in [1.29, 1.82) is 0 Å². The van der Waals surface area contributed by atoms with Crippen LogP contribution in [-0.2, 0) is 28.6 Å². The number of ether oxygens (including phenoxy) is 3. The van der Waals surface area contributed by atoms with E-state index in [0.717, 1.165) is 77.0 Å². The van der Waals surface area contributed by atoms with Gasteiger partial charge in [-0.3, -0.25) is 14.4 Å². The summed E-state index contributed by atoms with van der Waals surface area (Å²) in [6, 6.07) is 0. The molecule has 0 saturated carbocycles. The Morgan fingerprint density at radius 3 is 0.760 bits per heavy atom. The molecule has 0 rings (SSSR count). The Morgan fingerprint density at radius 2 is 0.480 bits per heavy atom. The number of esters is 3. The zero-order valence-corrected chi connectivity index (χ0v) is 50.3. The summed E-state index contributed by atoms with van der Waals surface area (Å²) < 4.78 is 17.0. The molecule has 0 aliphatic carbocycles. The fraction of sp³-hybridized carbons (Fsp3) is 0.841. The van der Waals surface area contributed by atoms with Crippen LogP contribution in [0.3, 0.4) is 0 Å². The van der Waals surface area contributed by atoms with Gasteiger partial charge in [0.1, 0.15) is 13.2 Å². The molecule has 6 heteroatoms. The quantitative estimate of drug-likeness (QED) is 0.0261. The average molecular weight is 1050 g/mol. The van der Waals surface area contributed by atoms with Crippen LogP contribution in [0.1, 0.15) is 355 Å². The van der Waals surface area contributed by atoms with Gasteiger partial charge in [-0.25, -0.2) is 0 Å². The number of rotatable bonds is 61. The number of unbranched alkanes of at least 4 members (excludes halogenated alkanes) is 42. The van der Waals surface area contributed by atoms with E-state index < -0.39 is 6.10 Å². The summed E-state index contributed by atoms with van der Waals surface area (Å²) in [6.45, 7) is 6.65. The zero-order valence-electron chi connectivity index (χ0n) is 50.3. The van der Waals surface area contributed by atoms with Crippen LogP contribution in [-0.4, -0.2) is 37.2 Å². The number of hydrogen-bond donors (Lipinski definition) is 0. The fourth-order valence-electron chi connectivity index (χ4n) is 9.80. The molecule has 0 amide bonds. The molecule has 0 saturated heterocycles. The van der Waals surface area contributed by atoms with Crippen molar-refractivity contribution in [3.63, 3.8) is 0 Å². The van der Waals surface area contributed by atoms with Gasteiger partial charge < -0.3 is 14.2 Å². The summed E-state index contributed by atoms with van der Waals surface area (Å²) in [5, 5.41) is 0. The van der Waals surface area contributed by atoms with E-state index in [0.29, 0.717) is 19.3 Å². The molecule has 0 fully saturated rings. The lowest BCUT2D eigenvalue weighted by molar-refractivity contribution is -0.167. The number of carbonyl (C=O) groups excluding carboxylic acids is 3. The number of allylic oxidation sites excluding steroid dienone is 8. The van der Waals surface area contributed by atoms with Crippen molar-refractivity contribution in [3.8, 4) is 0 Å². The minimum Gasteiger partial charge on any atom is -0.462 e. The molecule has 0 spiro atoms. The second-order valence-corrected chi connectivity index (χ2v) is 22.4. The number of carbonyl (C=O) groups is 3. The van der Waals surface area contributed by atoms with Crippen LogP contribution in [0.2, 0.25) is 0 Å². The molecule has 438 valence electrons. The van der Waals surface area contributed by atoms with Gasteiger partial charge in [0, 0.05) is 19.3 Å². The second-order valence-electron chi connectivity index (χ2n) is 22.4. The monoisotopic (exact) mass is 1050 g/mol. The summed E-state index contributed by atoms with van der Waals surface area (Å²) in [7, 11) is 0. The lowest BCUT2D eigenvalue weighted by Crippen LogP contribution is -2.30. The van der Waals surface area contributed by atoms with E-state index in [4.69, 9.17) is 14.2 Å². The Kier molecular flexibility index (Phi) is 61.7. The predicted octanol–water partition coefficient (Wildman–Crippen LogP) is 22.6. The Hall–Kier alpha value is -2.63. The maximum atomic E-state index is 12.9. The first kappa shape index (κ1) is 72.4. The highest BCUT2D eigenvalue weighted by Crippen LogP contribution is 2.17. The predicted molar refractivity (Wildman–Crippen MR) is 325 cm³/mol. The molecule has 1 unspecified atom stereocenters. The first-order valence-electron chi connectivity index (χ1n) is 33.1. The molecule has 6 nitrogen and oxygen atoms in total. The Balaban J connectivity index is 4.28. The van der Waals surface area contributed by atoms with E-state index in [9.17, 15) is 14.4 Å². The van der Waals surface area contributed by atoms with E-state index in [1.807, 2.05) is 0 Å². The van der Waals surface area contributed by atoms with Gasteiger partial charge in [0.2, 0.25) is 0 Å². The van der Waals surface area contributed by atoms with Crippen LogP contribution in [0.15, 0.2) is 48.6 Å². The highest BCUT2D eigenvalue weighted by Gasteiger charge is 2.19. The van der Waals surface area contributed by atoms with E-state index in [-0.39, 0.29) is 31.1 Å². The van der Waals surface area contributed by atoms with Crippen LogP contribution in [0.4, 0.5) is 0 Å². The summed E-state index contributed by atoms with van der Waals surface area (Å²) in [5.41, 5.74) is 0. The van der Waals surface area contributed by atoms with Crippen molar-refractivity contribution in [3.05, 3.63) is 48.6 Å². The highest BCUT2D eigenvalue weighted by atomic mass is 16.6. The standard InChI is InChI=1S/C69H126O6/c1-4-7-10-13-16-19-22-25-28-30-31-32-33-34-35-36-37-39-41-44-47-50-53-56-59-62-68(71)74-65-66(64-73-67(70)61-58-55-52-49-46-43-40-27-24-21-18-15-12-9-6-3)75-69(72)63-60-57-54-51-48-45-42-38-29-26-23-20-17-14-11-8-5-2/h17,20,22,25-26,29-31,66H,4-16,18-19,21,23-24,27-28,32-65H2,1-3H3/b20-17-,25-22-,29-26-,31-30-. The minimum atomic E-state index is -0.776. The largest absolute Gasteiger partial charge is 0.462 e. The molecule has 0 aliphatic rings.